The van der Waals surface area contributed by atoms with E-state index in [9.17, 15) is 4.79 Å². The number of carbonyl (C=O) groups is 1. The normalized spacial score (nSPS) is 11.2. The van der Waals surface area contributed by atoms with Crippen molar-refractivity contribution in [1.82, 2.24) is 10.4 Å². The van der Waals surface area contributed by atoms with Gasteiger partial charge in [-0.2, -0.15) is 5.10 Å². The molecule has 0 saturated carbocycles. The summed E-state index contributed by atoms with van der Waals surface area (Å²) < 4.78 is 0. The van der Waals surface area contributed by atoms with Crippen molar-refractivity contribution in [3.05, 3.63) is 94.1 Å². The Morgan fingerprint density at radius 3 is 2.50 bits per heavy atom. The smallest absolute Gasteiger partial charge is 0.288 e. The number of aromatic amines is 1. The molecule has 1 heterocycles. The molecule has 0 aliphatic carbocycles. The molecule has 0 aliphatic heterocycles. The monoisotopic (exact) mass is 407 g/mol. The van der Waals surface area contributed by atoms with E-state index in [1.807, 2.05) is 54.6 Å². The van der Waals surface area contributed by atoms with Gasteiger partial charge in [0.2, 0.25) is 0 Å². The van der Waals surface area contributed by atoms with Gasteiger partial charge in [0, 0.05) is 27.1 Å². The first-order chi connectivity index (χ1) is 13.6. The zero-order chi connectivity index (χ0) is 19.5. The quantitative estimate of drug-likeness (QED) is 0.320. The Morgan fingerprint density at radius 2 is 1.71 bits per heavy atom. The molecular weight excluding hydrogens is 393 g/mol. The van der Waals surface area contributed by atoms with Gasteiger partial charge in [-0.15, -0.1) is 0 Å². The average Bonchev–Trinajstić information content (AvgIpc) is 3.10. The minimum Gasteiger partial charge on any atom is -0.350 e. The van der Waals surface area contributed by atoms with Crippen molar-refractivity contribution >= 4 is 46.2 Å². The SMILES string of the molecule is O=C(N/N=C\c1ccc(Cl)cc1Cl)c1[nH]c2ccccc2c1-c1ccccc1. The second-order valence-corrected chi connectivity index (χ2v) is 7.00. The second kappa shape index (κ2) is 7.89. The molecule has 28 heavy (non-hydrogen) atoms. The first-order valence-electron chi connectivity index (χ1n) is 8.58. The van der Waals surface area contributed by atoms with Gasteiger partial charge in [-0.1, -0.05) is 77.8 Å². The third-order valence-corrected chi connectivity index (χ3v) is 4.89. The topological polar surface area (TPSA) is 57.2 Å². The number of halogens is 2. The highest BCUT2D eigenvalue weighted by Crippen LogP contribution is 2.32. The molecular formula is C22H15Cl2N3O. The molecule has 1 aromatic heterocycles. The van der Waals surface area contributed by atoms with Crippen LogP contribution < -0.4 is 5.43 Å². The van der Waals surface area contributed by atoms with Crippen LogP contribution in [0.2, 0.25) is 10.0 Å². The summed E-state index contributed by atoms with van der Waals surface area (Å²) in [6.45, 7) is 0. The molecule has 0 aliphatic rings. The maximum absolute atomic E-state index is 12.8. The van der Waals surface area contributed by atoms with Gasteiger partial charge < -0.3 is 4.98 Å². The number of benzene rings is 3. The van der Waals surface area contributed by atoms with E-state index >= 15 is 0 Å². The predicted octanol–water partition coefficient (Wildman–Crippen LogP) is 5.91. The molecule has 138 valence electrons. The van der Waals surface area contributed by atoms with Crippen LogP contribution >= 0.6 is 23.2 Å². The molecule has 0 bridgehead atoms. The van der Waals surface area contributed by atoms with Crippen molar-refractivity contribution in [3.63, 3.8) is 0 Å². The maximum Gasteiger partial charge on any atom is 0.288 e. The highest BCUT2D eigenvalue weighted by atomic mass is 35.5. The van der Waals surface area contributed by atoms with Crippen LogP contribution in [-0.2, 0) is 0 Å². The molecule has 4 rings (SSSR count). The number of para-hydroxylation sites is 1. The summed E-state index contributed by atoms with van der Waals surface area (Å²) in [5.41, 5.74) is 6.36. The molecule has 0 atom stereocenters. The Balaban J connectivity index is 1.67. The summed E-state index contributed by atoms with van der Waals surface area (Å²) in [7, 11) is 0. The molecule has 0 spiro atoms. The fourth-order valence-electron chi connectivity index (χ4n) is 3.04. The minimum atomic E-state index is -0.337. The Kier molecular flexibility index (Phi) is 5.15. The largest absolute Gasteiger partial charge is 0.350 e. The molecule has 0 radical (unpaired) electrons. The highest BCUT2D eigenvalue weighted by Gasteiger charge is 2.18. The summed E-state index contributed by atoms with van der Waals surface area (Å²) >= 11 is 12.0. The minimum absolute atomic E-state index is 0.337. The summed E-state index contributed by atoms with van der Waals surface area (Å²) in [5, 5.41) is 6.01. The zero-order valence-corrected chi connectivity index (χ0v) is 16.1. The van der Waals surface area contributed by atoms with Crippen LogP contribution in [0.1, 0.15) is 16.1 Å². The van der Waals surface area contributed by atoms with Crippen LogP contribution in [0, 0.1) is 0 Å². The number of amides is 1. The van der Waals surface area contributed by atoms with Crippen LogP contribution in [0.25, 0.3) is 22.0 Å². The van der Waals surface area contributed by atoms with E-state index in [1.165, 1.54) is 6.21 Å². The third kappa shape index (κ3) is 3.65. The van der Waals surface area contributed by atoms with Crippen molar-refractivity contribution < 1.29 is 4.79 Å². The number of aromatic nitrogens is 1. The lowest BCUT2D eigenvalue weighted by atomic mass is 10.0. The van der Waals surface area contributed by atoms with Crippen molar-refractivity contribution in [2.45, 2.75) is 0 Å². The lowest BCUT2D eigenvalue weighted by Crippen LogP contribution is -2.18. The van der Waals surface area contributed by atoms with Crippen molar-refractivity contribution in [2.75, 3.05) is 0 Å². The number of nitrogens with one attached hydrogen (secondary N) is 2. The van der Waals surface area contributed by atoms with Crippen molar-refractivity contribution in [3.8, 4) is 11.1 Å². The molecule has 0 unspecified atom stereocenters. The Morgan fingerprint density at radius 1 is 0.964 bits per heavy atom. The van der Waals surface area contributed by atoms with Crippen LogP contribution in [0.3, 0.4) is 0 Å². The summed E-state index contributed by atoms with van der Waals surface area (Å²) in [6, 6.07) is 22.7. The molecule has 0 fully saturated rings. The zero-order valence-electron chi connectivity index (χ0n) is 14.6. The Hall–Kier alpha value is -3.08. The van der Waals surface area contributed by atoms with Gasteiger partial charge >= 0.3 is 0 Å². The number of hydrogen-bond donors (Lipinski definition) is 2. The maximum atomic E-state index is 12.8. The second-order valence-electron chi connectivity index (χ2n) is 6.15. The summed E-state index contributed by atoms with van der Waals surface area (Å²) in [4.78, 5) is 16.0. The van der Waals surface area contributed by atoms with E-state index in [0.717, 1.165) is 22.0 Å². The number of hydrogen-bond acceptors (Lipinski definition) is 2. The average molecular weight is 408 g/mol. The van der Waals surface area contributed by atoms with Gasteiger partial charge in [0.05, 0.1) is 11.2 Å². The van der Waals surface area contributed by atoms with Crippen molar-refractivity contribution in [2.24, 2.45) is 5.10 Å². The summed E-state index contributed by atoms with van der Waals surface area (Å²) in [6.07, 6.45) is 1.49. The number of nitrogens with zero attached hydrogens (tertiary/aromatic N) is 1. The van der Waals surface area contributed by atoms with E-state index < -0.39 is 0 Å². The molecule has 0 saturated heterocycles. The van der Waals surface area contributed by atoms with Crippen LogP contribution in [-0.4, -0.2) is 17.1 Å². The van der Waals surface area contributed by atoms with Crippen LogP contribution in [0.15, 0.2) is 77.9 Å². The molecule has 2 N–H and O–H groups in total. The Bertz CT molecular complexity index is 1180. The molecule has 4 nitrogen and oxygen atoms in total. The number of hydrazone groups is 1. The Labute approximate surface area is 171 Å². The van der Waals surface area contributed by atoms with E-state index in [-0.39, 0.29) is 5.91 Å². The predicted molar refractivity (Wildman–Crippen MR) is 115 cm³/mol. The molecule has 4 aromatic rings. The van der Waals surface area contributed by atoms with Gasteiger partial charge in [0.1, 0.15) is 5.69 Å². The van der Waals surface area contributed by atoms with E-state index in [2.05, 4.69) is 15.5 Å². The fraction of sp³-hybridized carbons (Fsp3) is 0. The summed E-state index contributed by atoms with van der Waals surface area (Å²) in [5.74, 6) is -0.337. The van der Waals surface area contributed by atoms with E-state index in [4.69, 9.17) is 23.2 Å². The van der Waals surface area contributed by atoms with Crippen LogP contribution in [0.4, 0.5) is 0 Å². The van der Waals surface area contributed by atoms with E-state index in [1.54, 1.807) is 18.2 Å². The number of rotatable bonds is 4. The third-order valence-electron chi connectivity index (χ3n) is 4.33. The molecule has 6 heteroatoms. The van der Waals surface area contributed by atoms with Gasteiger partial charge in [-0.25, -0.2) is 5.43 Å². The van der Waals surface area contributed by atoms with Gasteiger partial charge in [0.25, 0.3) is 5.91 Å². The molecule has 3 aromatic carbocycles. The van der Waals surface area contributed by atoms with E-state index in [0.29, 0.717) is 21.3 Å². The van der Waals surface area contributed by atoms with Gasteiger partial charge in [0.15, 0.2) is 0 Å². The van der Waals surface area contributed by atoms with Gasteiger partial charge in [-0.3, -0.25) is 4.79 Å². The standard InChI is InChI=1S/C22H15Cl2N3O/c23-16-11-10-15(18(24)12-16)13-25-27-22(28)21-20(14-6-2-1-3-7-14)17-8-4-5-9-19(17)26-21/h1-13,26H,(H,27,28)/b25-13-. The lowest BCUT2D eigenvalue weighted by molar-refractivity contribution is 0.0951. The number of H-pyrrole nitrogens is 1. The first-order valence-corrected chi connectivity index (χ1v) is 9.33. The lowest BCUT2D eigenvalue weighted by Gasteiger charge is -2.04. The van der Waals surface area contributed by atoms with Crippen LogP contribution in [0.5, 0.6) is 0 Å². The fourth-order valence-corrected chi connectivity index (χ4v) is 3.50. The number of fused-ring (bicyclic) bond motifs is 1. The highest BCUT2D eigenvalue weighted by molar-refractivity contribution is 6.36. The van der Waals surface area contributed by atoms with Gasteiger partial charge in [-0.05, 0) is 23.8 Å². The first kappa shape index (κ1) is 18.3. The number of carbonyl (C=O) groups excluding carboxylic acids is 1. The van der Waals surface area contributed by atoms with Crippen molar-refractivity contribution in [1.29, 1.82) is 0 Å². The molecule has 1 amide bonds.